The molecule has 0 aliphatic carbocycles. The second kappa shape index (κ2) is 4.27. The molecule has 2 bridgehead atoms. The molecular formula is C12H13ClN2O2. The standard InChI is InChI=1S/C12H13ClN2O2/c13-11-3-1-2-8(14-11)12(16)15-9-6-7-4-5-10(9)17-7/h1-3,7,9-10H,4-6H2,(H,15,16). The first-order valence-corrected chi connectivity index (χ1v) is 6.19. The van der Waals surface area contributed by atoms with Crippen LogP contribution in [0, 0.1) is 0 Å². The summed E-state index contributed by atoms with van der Waals surface area (Å²) in [7, 11) is 0. The number of halogens is 1. The fourth-order valence-corrected chi connectivity index (χ4v) is 2.73. The summed E-state index contributed by atoms with van der Waals surface area (Å²) in [4.78, 5) is 15.9. The van der Waals surface area contributed by atoms with Gasteiger partial charge < -0.3 is 10.1 Å². The van der Waals surface area contributed by atoms with Crippen LogP contribution in [0.25, 0.3) is 0 Å². The molecule has 2 saturated heterocycles. The Labute approximate surface area is 104 Å². The molecule has 1 aromatic heterocycles. The molecule has 1 aromatic rings. The Bertz CT molecular complexity index is 452. The lowest BCUT2D eigenvalue weighted by atomic mass is 9.95. The molecule has 3 atom stereocenters. The molecular weight excluding hydrogens is 240 g/mol. The monoisotopic (exact) mass is 252 g/mol. The van der Waals surface area contributed by atoms with Gasteiger partial charge in [-0.3, -0.25) is 4.79 Å². The molecule has 1 amide bonds. The van der Waals surface area contributed by atoms with Crippen LogP contribution in [0.5, 0.6) is 0 Å². The lowest BCUT2D eigenvalue weighted by Gasteiger charge is -2.19. The van der Waals surface area contributed by atoms with Crippen molar-refractivity contribution >= 4 is 17.5 Å². The van der Waals surface area contributed by atoms with Gasteiger partial charge in [0.05, 0.1) is 18.2 Å². The Balaban J connectivity index is 1.68. The topological polar surface area (TPSA) is 51.2 Å². The molecule has 5 heteroatoms. The lowest BCUT2D eigenvalue weighted by molar-refractivity contribution is 0.0837. The van der Waals surface area contributed by atoms with E-state index in [2.05, 4.69) is 10.3 Å². The number of aromatic nitrogens is 1. The van der Waals surface area contributed by atoms with Crippen molar-refractivity contribution in [2.45, 2.75) is 37.5 Å². The zero-order valence-corrected chi connectivity index (χ0v) is 9.98. The minimum Gasteiger partial charge on any atom is -0.373 e. The molecule has 0 aromatic carbocycles. The average Bonchev–Trinajstić information content (AvgIpc) is 2.91. The van der Waals surface area contributed by atoms with Crippen molar-refractivity contribution < 1.29 is 9.53 Å². The van der Waals surface area contributed by atoms with Gasteiger partial charge in [-0.25, -0.2) is 4.98 Å². The Hall–Kier alpha value is -1.13. The van der Waals surface area contributed by atoms with Crippen molar-refractivity contribution in [3.63, 3.8) is 0 Å². The third-order valence-electron chi connectivity index (χ3n) is 3.37. The number of nitrogens with one attached hydrogen (secondary N) is 1. The minimum absolute atomic E-state index is 0.127. The van der Waals surface area contributed by atoms with Crippen LogP contribution in [0.1, 0.15) is 29.8 Å². The summed E-state index contributed by atoms with van der Waals surface area (Å²) in [6.45, 7) is 0. The van der Waals surface area contributed by atoms with E-state index in [4.69, 9.17) is 16.3 Å². The molecule has 17 heavy (non-hydrogen) atoms. The molecule has 2 fully saturated rings. The van der Waals surface area contributed by atoms with Gasteiger partial charge in [-0.15, -0.1) is 0 Å². The van der Waals surface area contributed by atoms with Crippen LogP contribution < -0.4 is 5.32 Å². The van der Waals surface area contributed by atoms with Crippen LogP contribution >= 0.6 is 11.6 Å². The molecule has 3 heterocycles. The Morgan fingerprint density at radius 2 is 2.35 bits per heavy atom. The maximum Gasteiger partial charge on any atom is 0.270 e. The van der Waals surface area contributed by atoms with Crippen LogP contribution in [0.2, 0.25) is 5.15 Å². The first-order valence-electron chi connectivity index (χ1n) is 5.81. The third kappa shape index (κ3) is 2.15. The van der Waals surface area contributed by atoms with Crippen molar-refractivity contribution in [1.29, 1.82) is 0 Å². The van der Waals surface area contributed by atoms with Crippen molar-refractivity contribution in [1.82, 2.24) is 10.3 Å². The number of rotatable bonds is 2. The molecule has 1 N–H and O–H groups in total. The van der Waals surface area contributed by atoms with Crippen LogP contribution in [0.15, 0.2) is 18.2 Å². The van der Waals surface area contributed by atoms with Gasteiger partial charge in [-0.05, 0) is 31.4 Å². The first-order chi connectivity index (χ1) is 8.22. The van der Waals surface area contributed by atoms with Gasteiger partial charge in [0, 0.05) is 0 Å². The van der Waals surface area contributed by atoms with E-state index in [0.717, 1.165) is 19.3 Å². The summed E-state index contributed by atoms with van der Waals surface area (Å²) in [5.74, 6) is -0.173. The fraction of sp³-hybridized carbons (Fsp3) is 0.500. The molecule has 3 rings (SSSR count). The van der Waals surface area contributed by atoms with Crippen LogP contribution in [0.4, 0.5) is 0 Å². The van der Waals surface area contributed by atoms with Gasteiger partial charge in [0.1, 0.15) is 10.8 Å². The van der Waals surface area contributed by atoms with E-state index in [1.807, 2.05) is 0 Å². The second-order valence-electron chi connectivity index (χ2n) is 4.54. The van der Waals surface area contributed by atoms with Crippen molar-refractivity contribution in [3.05, 3.63) is 29.0 Å². The molecule has 3 unspecified atom stereocenters. The Morgan fingerprint density at radius 3 is 3.00 bits per heavy atom. The van der Waals surface area contributed by atoms with E-state index >= 15 is 0 Å². The van der Waals surface area contributed by atoms with Crippen LogP contribution in [0.3, 0.4) is 0 Å². The maximum absolute atomic E-state index is 11.9. The van der Waals surface area contributed by atoms with Crippen LogP contribution in [-0.4, -0.2) is 29.1 Å². The smallest absolute Gasteiger partial charge is 0.270 e. The Morgan fingerprint density at radius 1 is 1.47 bits per heavy atom. The highest BCUT2D eigenvalue weighted by molar-refractivity contribution is 6.29. The summed E-state index contributed by atoms with van der Waals surface area (Å²) in [5, 5.41) is 3.30. The number of fused-ring (bicyclic) bond motifs is 2. The summed E-state index contributed by atoms with van der Waals surface area (Å²) in [6, 6.07) is 5.16. The van der Waals surface area contributed by atoms with Gasteiger partial charge in [0.2, 0.25) is 0 Å². The second-order valence-corrected chi connectivity index (χ2v) is 4.92. The van der Waals surface area contributed by atoms with Gasteiger partial charge >= 0.3 is 0 Å². The summed E-state index contributed by atoms with van der Waals surface area (Å²) < 4.78 is 5.68. The quantitative estimate of drug-likeness (QED) is 0.817. The summed E-state index contributed by atoms with van der Waals surface area (Å²) in [6.07, 6.45) is 3.59. The van der Waals surface area contributed by atoms with E-state index in [0.29, 0.717) is 17.0 Å². The van der Waals surface area contributed by atoms with Crippen molar-refractivity contribution in [3.8, 4) is 0 Å². The number of hydrogen-bond acceptors (Lipinski definition) is 3. The number of carbonyl (C=O) groups excluding carboxylic acids is 1. The zero-order valence-electron chi connectivity index (χ0n) is 9.23. The Kier molecular flexibility index (Phi) is 2.76. The molecule has 0 spiro atoms. The number of ether oxygens (including phenoxy) is 1. The van der Waals surface area contributed by atoms with E-state index < -0.39 is 0 Å². The van der Waals surface area contributed by atoms with Gasteiger partial charge in [0.25, 0.3) is 5.91 Å². The number of nitrogens with zero attached hydrogens (tertiary/aromatic N) is 1. The molecule has 90 valence electrons. The SMILES string of the molecule is O=C(NC1CC2CCC1O2)c1cccc(Cl)n1. The fourth-order valence-electron chi connectivity index (χ4n) is 2.57. The van der Waals surface area contributed by atoms with E-state index in [1.54, 1.807) is 18.2 Å². The van der Waals surface area contributed by atoms with Crippen LogP contribution in [-0.2, 0) is 4.74 Å². The summed E-state index contributed by atoms with van der Waals surface area (Å²) >= 11 is 5.75. The maximum atomic E-state index is 11.9. The predicted molar refractivity (Wildman–Crippen MR) is 63.0 cm³/mol. The number of hydrogen-bond donors (Lipinski definition) is 1. The average molecular weight is 253 g/mol. The molecule has 2 aliphatic rings. The third-order valence-corrected chi connectivity index (χ3v) is 3.58. The molecule has 2 aliphatic heterocycles. The van der Waals surface area contributed by atoms with E-state index in [-0.39, 0.29) is 18.1 Å². The minimum atomic E-state index is -0.173. The number of amides is 1. The highest BCUT2D eigenvalue weighted by atomic mass is 35.5. The molecule has 0 radical (unpaired) electrons. The van der Waals surface area contributed by atoms with Gasteiger partial charge in [-0.1, -0.05) is 17.7 Å². The normalized spacial score (nSPS) is 30.5. The first kappa shape index (κ1) is 11.0. The zero-order chi connectivity index (χ0) is 11.8. The summed E-state index contributed by atoms with van der Waals surface area (Å²) in [5.41, 5.74) is 0.361. The lowest BCUT2D eigenvalue weighted by Crippen LogP contribution is -2.41. The number of pyridine rings is 1. The largest absolute Gasteiger partial charge is 0.373 e. The van der Waals surface area contributed by atoms with Crippen molar-refractivity contribution in [2.75, 3.05) is 0 Å². The highest BCUT2D eigenvalue weighted by Gasteiger charge is 2.41. The predicted octanol–water partition coefficient (Wildman–Crippen LogP) is 1.78. The highest BCUT2D eigenvalue weighted by Crippen LogP contribution is 2.34. The van der Waals surface area contributed by atoms with E-state index in [1.165, 1.54) is 0 Å². The molecule has 4 nitrogen and oxygen atoms in total. The number of carbonyl (C=O) groups is 1. The van der Waals surface area contributed by atoms with Crippen molar-refractivity contribution in [2.24, 2.45) is 0 Å². The van der Waals surface area contributed by atoms with E-state index in [9.17, 15) is 4.79 Å². The van der Waals surface area contributed by atoms with Gasteiger partial charge in [-0.2, -0.15) is 0 Å². The molecule has 0 saturated carbocycles. The van der Waals surface area contributed by atoms with Gasteiger partial charge in [0.15, 0.2) is 0 Å².